The first-order valence-corrected chi connectivity index (χ1v) is 6.80. The van der Waals surface area contributed by atoms with Gasteiger partial charge in [0.15, 0.2) is 0 Å². The summed E-state index contributed by atoms with van der Waals surface area (Å²) >= 11 is 0. The van der Waals surface area contributed by atoms with Gasteiger partial charge in [-0.1, -0.05) is 12.8 Å². The topological polar surface area (TPSA) is 83.7 Å². The van der Waals surface area contributed by atoms with Crippen LogP contribution in [0.5, 0.6) is 0 Å². The van der Waals surface area contributed by atoms with Crippen molar-refractivity contribution in [2.24, 2.45) is 0 Å². The van der Waals surface area contributed by atoms with Crippen molar-refractivity contribution in [3.05, 3.63) is 39.9 Å². The first-order chi connectivity index (χ1) is 9.63. The lowest BCUT2D eigenvalue weighted by Gasteiger charge is -2.28. The summed E-state index contributed by atoms with van der Waals surface area (Å²) in [5, 5.41) is 20.0. The highest BCUT2D eigenvalue weighted by Gasteiger charge is 2.25. The highest BCUT2D eigenvalue weighted by Crippen LogP contribution is 2.20. The van der Waals surface area contributed by atoms with Crippen molar-refractivity contribution in [2.45, 2.75) is 31.7 Å². The average Bonchev–Trinajstić information content (AvgIpc) is 2.71. The van der Waals surface area contributed by atoms with Crippen LogP contribution in [0.2, 0.25) is 0 Å². The van der Waals surface area contributed by atoms with Crippen molar-refractivity contribution in [1.82, 2.24) is 4.90 Å². The van der Waals surface area contributed by atoms with E-state index in [2.05, 4.69) is 0 Å². The normalized spacial score (nSPS) is 19.4. The van der Waals surface area contributed by atoms with Gasteiger partial charge in [-0.2, -0.15) is 0 Å². The van der Waals surface area contributed by atoms with E-state index in [-0.39, 0.29) is 24.2 Å². The SMILES string of the molecule is O=C(c1ccc([N+](=O)[O-])cc1)N1CCCCCC1CO. The van der Waals surface area contributed by atoms with Gasteiger partial charge in [0.2, 0.25) is 0 Å². The zero-order valence-electron chi connectivity index (χ0n) is 11.2. The first-order valence-electron chi connectivity index (χ1n) is 6.80. The Labute approximate surface area is 117 Å². The van der Waals surface area contributed by atoms with Crippen molar-refractivity contribution in [1.29, 1.82) is 0 Å². The van der Waals surface area contributed by atoms with E-state index in [1.54, 1.807) is 4.90 Å². The Morgan fingerprint density at radius 3 is 2.60 bits per heavy atom. The number of nitro benzene ring substituents is 1. The third kappa shape index (κ3) is 3.14. The standard InChI is InChI=1S/C14H18N2O4/c17-10-13-4-2-1-3-9-15(13)14(18)11-5-7-12(8-6-11)16(19)20/h5-8,13,17H,1-4,9-10H2. The zero-order valence-corrected chi connectivity index (χ0v) is 11.2. The summed E-state index contributed by atoms with van der Waals surface area (Å²) < 4.78 is 0. The van der Waals surface area contributed by atoms with Gasteiger partial charge in [0.1, 0.15) is 0 Å². The Balaban J connectivity index is 2.17. The van der Waals surface area contributed by atoms with E-state index in [9.17, 15) is 20.0 Å². The molecule has 1 atom stereocenters. The number of aliphatic hydroxyl groups is 1. The molecule has 1 aliphatic rings. The van der Waals surface area contributed by atoms with Crippen LogP contribution in [0.15, 0.2) is 24.3 Å². The monoisotopic (exact) mass is 278 g/mol. The Morgan fingerprint density at radius 2 is 2.00 bits per heavy atom. The summed E-state index contributed by atoms with van der Waals surface area (Å²) in [6.07, 6.45) is 3.79. The Bertz CT molecular complexity index is 486. The molecule has 0 aliphatic carbocycles. The fourth-order valence-electron chi connectivity index (χ4n) is 2.53. The molecular formula is C14H18N2O4. The van der Waals surface area contributed by atoms with Gasteiger partial charge in [-0.25, -0.2) is 0 Å². The van der Waals surface area contributed by atoms with E-state index in [0.717, 1.165) is 25.7 Å². The number of carbonyl (C=O) groups is 1. The van der Waals surface area contributed by atoms with E-state index in [1.165, 1.54) is 24.3 Å². The molecule has 1 aromatic carbocycles. The Kier molecular flexibility index (Phi) is 4.68. The molecule has 108 valence electrons. The molecular weight excluding hydrogens is 260 g/mol. The third-order valence-corrected chi connectivity index (χ3v) is 3.67. The second-order valence-corrected chi connectivity index (χ2v) is 4.99. The predicted molar refractivity (Wildman–Crippen MR) is 73.5 cm³/mol. The van der Waals surface area contributed by atoms with Crippen LogP contribution >= 0.6 is 0 Å². The molecule has 1 fully saturated rings. The van der Waals surface area contributed by atoms with E-state index < -0.39 is 4.92 Å². The molecule has 1 aliphatic heterocycles. The molecule has 1 aromatic rings. The van der Waals surface area contributed by atoms with Crippen LogP contribution in [-0.4, -0.2) is 40.0 Å². The maximum absolute atomic E-state index is 12.4. The number of nitro groups is 1. The molecule has 0 radical (unpaired) electrons. The Morgan fingerprint density at radius 1 is 1.30 bits per heavy atom. The number of hydrogen-bond donors (Lipinski definition) is 1. The van der Waals surface area contributed by atoms with Crippen LogP contribution in [0.3, 0.4) is 0 Å². The van der Waals surface area contributed by atoms with Crippen LogP contribution < -0.4 is 0 Å². The van der Waals surface area contributed by atoms with Crippen molar-refractivity contribution < 1.29 is 14.8 Å². The van der Waals surface area contributed by atoms with Crippen LogP contribution in [0.1, 0.15) is 36.0 Å². The van der Waals surface area contributed by atoms with Gasteiger partial charge in [-0.05, 0) is 25.0 Å². The van der Waals surface area contributed by atoms with Crippen LogP contribution in [0, 0.1) is 10.1 Å². The van der Waals surface area contributed by atoms with Crippen LogP contribution in [0.25, 0.3) is 0 Å². The molecule has 6 nitrogen and oxygen atoms in total. The molecule has 1 saturated heterocycles. The second kappa shape index (κ2) is 6.47. The number of amides is 1. The van der Waals surface area contributed by atoms with Gasteiger partial charge in [-0.15, -0.1) is 0 Å². The van der Waals surface area contributed by atoms with Crippen LogP contribution in [0.4, 0.5) is 5.69 Å². The number of benzene rings is 1. The van der Waals surface area contributed by atoms with E-state index in [1.807, 2.05) is 0 Å². The van der Waals surface area contributed by atoms with Crippen molar-refractivity contribution in [3.63, 3.8) is 0 Å². The molecule has 6 heteroatoms. The van der Waals surface area contributed by atoms with Crippen LogP contribution in [-0.2, 0) is 0 Å². The quantitative estimate of drug-likeness (QED) is 0.676. The molecule has 1 heterocycles. The maximum Gasteiger partial charge on any atom is 0.269 e. The van der Waals surface area contributed by atoms with E-state index >= 15 is 0 Å². The summed E-state index contributed by atoms with van der Waals surface area (Å²) in [5.41, 5.74) is 0.395. The third-order valence-electron chi connectivity index (χ3n) is 3.67. The van der Waals surface area contributed by atoms with Crippen molar-refractivity contribution >= 4 is 11.6 Å². The Hall–Kier alpha value is -1.95. The van der Waals surface area contributed by atoms with Crippen molar-refractivity contribution in [2.75, 3.05) is 13.2 Å². The summed E-state index contributed by atoms with van der Waals surface area (Å²) in [6.45, 7) is 0.583. The van der Waals surface area contributed by atoms with E-state index in [4.69, 9.17) is 0 Å². The molecule has 0 saturated carbocycles. The number of carbonyl (C=O) groups excluding carboxylic acids is 1. The highest BCUT2D eigenvalue weighted by molar-refractivity contribution is 5.94. The highest BCUT2D eigenvalue weighted by atomic mass is 16.6. The maximum atomic E-state index is 12.4. The summed E-state index contributed by atoms with van der Waals surface area (Å²) in [4.78, 5) is 24.3. The number of aliphatic hydroxyl groups excluding tert-OH is 1. The zero-order chi connectivity index (χ0) is 14.5. The number of rotatable bonds is 3. The minimum atomic E-state index is -0.489. The van der Waals surface area contributed by atoms with Gasteiger partial charge in [0.25, 0.3) is 11.6 Å². The number of hydrogen-bond acceptors (Lipinski definition) is 4. The lowest BCUT2D eigenvalue weighted by molar-refractivity contribution is -0.384. The van der Waals surface area contributed by atoms with Gasteiger partial charge < -0.3 is 10.0 Å². The largest absolute Gasteiger partial charge is 0.394 e. The average molecular weight is 278 g/mol. The molecule has 1 N–H and O–H groups in total. The van der Waals surface area contributed by atoms with Gasteiger partial charge in [0.05, 0.1) is 17.6 Å². The molecule has 0 aromatic heterocycles. The first kappa shape index (κ1) is 14.5. The lowest BCUT2D eigenvalue weighted by atomic mass is 10.1. The number of nitrogens with zero attached hydrogens (tertiary/aromatic N) is 2. The minimum Gasteiger partial charge on any atom is -0.394 e. The van der Waals surface area contributed by atoms with Gasteiger partial charge >= 0.3 is 0 Å². The number of likely N-dealkylation sites (tertiary alicyclic amines) is 1. The van der Waals surface area contributed by atoms with Crippen molar-refractivity contribution in [3.8, 4) is 0 Å². The fourth-order valence-corrected chi connectivity index (χ4v) is 2.53. The van der Waals surface area contributed by atoms with E-state index in [0.29, 0.717) is 12.1 Å². The number of non-ortho nitro benzene ring substituents is 1. The molecule has 0 spiro atoms. The predicted octanol–water partition coefficient (Wildman–Crippen LogP) is 1.97. The van der Waals surface area contributed by atoms with Gasteiger partial charge in [0, 0.05) is 24.2 Å². The molecule has 20 heavy (non-hydrogen) atoms. The summed E-state index contributed by atoms with van der Waals surface area (Å²) in [6, 6.07) is 5.46. The summed E-state index contributed by atoms with van der Waals surface area (Å²) in [5.74, 6) is -0.166. The van der Waals surface area contributed by atoms with Gasteiger partial charge in [-0.3, -0.25) is 14.9 Å². The summed E-state index contributed by atoms with van der Waals surface area (Å²) in [7, 11) is 0. The molecule has 1 unspecified atom stereocenters. The smallest absolute Gasteiger partial charge is 0.269 e. The second-order valence-electron chi connectivity index (χ2n) is 4.99. The molecule has 0 bridgehead atoms. The minimum absolute atomic E-state index is 0.0314. The fraction of sp³-hybridized carbons (Fsp3) is 0.500. The molecule has 2 rings (SSSR count). The lowest BCUT2D eigenvalue weighted by Crippen LogP contribution is -2.42. The molecule has 1 amide bonds.